The summed E-state index contributed by atoms with van der Waals surface area (Å²) >= 11 is 0. The highest BCUT2D eigenvalue weighted by atomic mass is 19.1. The predicted octanol–water partition coefficient (Wildman–Crippen LogP) is 2.67. The van der Waals surface area contributed by atoms with Crippen molar-refractivity contribution in [2.24, 2.45) is 5.92 Å². The van der Waals surface area contributed by atoms with E-state index in [1.807, 2.05) is 39.9 Å². The molecule has 0 unspecified atom stereocenters. The lowest BCUT2D eigenvalue weighted by Crippen LogP contribution is -2.42. The van der Waals surface area contributed by atoms with Crippen LogP contribution in [0.2, 0.25) is 0 Å². The summed E-state index contributed by atoms with van der Waals surface area (Å²) in [7, 11) is 0. The summed E-state index contributed by atoms with van der Waals surface area (Å²) in [4.78, 5) is 27.2. The second kappa shape index (κ2) is 5.93. The van der Waals surface area contributed by atoms with Gasteiger partial charge in [0.05, 0.1) is 17.7 Å². The Bertz CT molecular complexity index is 925. The van der Waals surface area contributed by atoms with Gasteiger partial charge in [-0.1, -0.05) is 6.07 Å². The number of hydrogen-bond donors (Lipinski definition) is 1. The van der Waals surface area contributed by atoms with Crippen LogP contribution < -0.4 is 0 Å². The molecule has 1 N–H and O–H groups in total. The molecular formula is C19H20FN5O. The van der Waals surface area contributed by atoms with Crippen LogP contribution in [0.15, 0.2) is 36.9 Å². The number of alkyl halides is 1. The number of fused-ring (bicyclic) bond motifs is 2. The predicted molar refractivity (Wildman–Crippen MR) is 93.3 cm³/mol. The quantitative estimate of drug-likeness (QED) is 0.787. The Morgan fingerprint density at radius 3 is 3.04 bits per heavy atom. The highest BCUT2D eigenvalue weighted by Gasteiger charge is 2.38. The molecule has 7 heteroatoms. The summed E-state index contributed by atoms with van der Waals surface area (Å²) in [6.45, 7) is 0.623. The number of amides is 1. The van der Waals surface area contributed by atoms with Crippen LogP contribution in [0, 0.1) is 5.92 Å². The average molecular weight is 353 g/mol. The Balaban J connectivity index is 1.50. The maximum absolute atomic E-state index is 13.1. The molecule has 0 radical (unpaired) electrons. The van der Waals surface area contributed by atoms with Gasteiger partial charge in [0.15, 0.2) is 0 Å². The van der Waals surface area contributed by atoms with Gasteiger partial charge >= 0.3 is 0 Å². The number of H-pyrrole nitrogens is 1. The number of aromatic nitrogens is 4. The molecule has 1 fully saturated rings. The second-order valence-corrected chi connectivity index (χ2v) is 7.28. The van der Waals surface area contributed by atoms with Crippen molar-refractivity contribution < 1.29 is 9.18 Å². The normalized spacial score (nSPS) is 25.1. The summed E-state index contributed by atoms with van der Waals surface area (Å²) in [5.41, 5.74) is 3.58. The molecular weight excluding hydrogens is 333 g/mol. The summed E-state index contributed by atoms with van der Waals surface area (Å²) in [6.07, 6.45) is 7.03. The van der Waals surface area contributed by atoms with Crippen LogP contribution in [0.4, 0.5) is 4.39 Å². The van der Waals surface area contributed by atoms with Crippen molar-refractivity contribution in [2.45, 2.75) is 37.9 Å². The molecule has 1 aliphatic heterocycles. The molecule has 134 valence electrons. The molecule has 3 aromatic heterocycles. The highest BCUT2D eigenvalue weighted by molar-refractivity contribution is 5.78. The molecule has 1 aliphatic carbocycles. The van der Waals surface area contributed by atoms with Crippen LogP contribution in [0.25, 0.3) is 5.65 Å². The number of carbonyl (C=O) groups excluding carboxylic acids is 1. The lowest BCUT2D eigenvalue weighted by atomic mass is 9.80. The molecule has 6 nitrogen and oxygen atoms in total. The molecule has 0 aromatic carbocycles. The van der Waals surface area contributed by atoms with Gasteiger partial charge in [0.25, 0.3) is 0 Å². The molecule has 1 saturated carbocycles. The highest BCUT2D eigenvalue weighted by Crippen LogP contribution is 2.37. The Kier molecular flexibility index (Phi) is 3.55. The first-order chi connectivity index (χ1) is 12.7. The molecule has 2 aliphatic rings. The third-order valence-electron chi connectivity index (χ3n) is 5.55. The van der Waals surface area contributed by atoms with E-state index in [4.69, 9.17) is 4.98 Å². The van der Waals surface area contributed by atoms with Crippen molar-refractivity contribution >= 4 is 11.6 Å². The third-order valence-corrected chi connectivity index (χ3v) is 5.55. The second-order valence-electron chi connectivity index (χ2n) is 7.28. The standard InChI is InChI=1S/C19H20FN5O/c20-13-7-12(8-13)9-17(26)25-6-4-14-18(22-11-21-14)19(25)15-10-24-5-2-1-3-16(24)23-15/h1-3,5,10-13,19H,4,6-9H2,(H,21,22)/t12?,13?,19-/m0/s1. The first kappa shape index (κ1) is 15.5. The molecule has 0 bridgehead atoms. The summed E-state index contributed by atoms with van der Waals surface area (Å²) in [5.74, 6) is 0.234. The maximum atomic E-state index is 13.1. The van der Waals surface area contributed by atoms with E-state index in [0.717, 1.165) is 29.1 Å². The largest absolute Gasteiger partial charge is 0.348 e. The van der Waals surface area contributed by atoms with Crippen molar-refractivity contribution in [1.82, 2.24) is 24.3 Å². The number of nitrogens with one attached hydrogen (secondary N) is 1. The Morgan fingerprint density at radius 2 is 2.23 bits per heavy atom. The monoisotopic (exact) mass is 353 g/mol. The fourth-order valence-electron chi connectivity index (χ4n) is 4.12. The lowest BCUT2D eigenvalue weighted by molar-refractivity contribution is -0.135. The van der Waals surface area contributed by atoms with Gasteiger partial charge < -0.3 is 14.3 Å². The number of pyridine rings is 1. The van der Waals surface area contributed by atoms with Gasteiger partial charge in [0, 0.05) is 37.5 Å². The van der Waals surface area contributed by atoms with Gasteiger partial charge in [0.1, 0.15) is 17.9 Å². The van der Waals surface area contributed by atoms with E-state index in [2.05, 4.69) is 9.97 Å². The molecule has 26 heavy (non-hydrogen) atoms. The minimum Gasteiger partial charge on any atom is -0.348 e. The molecule has 0 spiro atoms. The van der Waals surface area contributed by atoms with Crippen LogP contribution in [0.1, 0.15) is 42.4 Å². The number of rotatable bonds is 3. The Labute approximate surface area is 150 Å². The zero-order valence-electron chi connectivity index (χ0n) is 14.3. The fourth-order valence-corrected chi connectivity index (χ4v) is 4.12. The van der Waals surface area contributed by atoms with Crippen LogP contribution in [0.3, 0.4) is 0 Å². The van der Waals surface area contributed by atoms with Gasteiger partial charge in [-0.25, -0.2) is 14.4 Å². The van der Waals surface area contributed by atoms with E-state index in [-0.39, 0.29) is 17.9 Å². The van der Waals surface area contributed by atoms with Gasteiger partial charge in [-0.05, 0) is 30.9 Å². The number of nitrogens with zero attached hydrogens (tertiary/aromatic N) is 4. The van der Waals surface area contributed by atoms with Crippen molar-refractivity contribution in [1.29, 1.82) is 0 Å². The number of imidazole rings is 2. The number of carbonyl (C=O) groups is 1. The Morgan fingerprint density at radius 1 is 1.35 bits per heavy atom. The molecule has 0 saturated heterocycles. The van der Waals surface area contributed by atoms with Gasteiger partial charge in [0.2, 0.25) is 5.91 Å². The average Bonchev–Trinajstić information content (AvgIpc) is 3.25. The number of halogens is 1. The fraction of sp³-hybridized carbons (Fsp3) is 0.421. The minimum absolute atomic E-state index is 0.0672. The van der Waals surface area contributed by atoms with E-state index < -0.39 is 6.17 Å². The lowest BCUT2D eigenvalue weighted by Gasteiger charge is -2.36. The van der Waals surface area contributed by atoms with E-state index in [9.17, 15) is 9.18 Å². The molecule has 5 rings (SSSR count). The summed E-state index contributed by atoms with van der Waals surface area (Å²) in [6, 6.07) is 5.55. The van der Waals surface area contributed by atoms with Crippen molar-refractivity contribution in [3.05, 3.63) is 54.0 Å². The number of hydrogen-bond acceptors (Lipinski definition) is 3. The van der Waals surface area contributed by atoms with Crippen molar-refractivity contribution in [2.75, 3.05) is 6.54 Å². The third kappa shape index (κ3) is 2.50. The Hall–Kier alpha value is -2.70. The van der Waals surface area contributed by atoms with Crippen LogP contribution in [-0.4, -0.2) is 42.9 Å². The van der Waals surface area contributed by atoms with E-state index in [1.54, 1.807) is 6.33 Å². The zero-order valence-corrected chi connectivity index (χ0v) is 14.3. The maximum Gasteiger partial charge on any atom is 0.223 e. The van der Waals surface area contributed by atoms with Crippen molar-refractivity contribution in [3.8, 4) is 0 Å². The van der Waals surface area contributed by atoms with E-state index >= 15 is 0 Å². The molecule has 1 atom stereocenters. The summed E-state index contributed by atoms with van der Waals surface area (Å²) in [5, 5.41) is 0. The summed E-state index contributed by atoms with van der Waals surface area (Å²) < 4.78 is 15.1. The topological polar surface area (TPSA) is 66.3 Å². The number of aromatic amines is 1. The van der Waals surface area contributed by atoms with Gasteiger partial charge in [-0.2, -0.15) is 0 Å². The van der Waals surface area contributed by atoms with Crippen LogP contribution in [-0.2, 0) is 11.2 Å². The SMILES string of the molecule is O=C(CC1CC(F)C1)N1CCc2[nH]cnc2[C@@H]1c1cn2ccccc2n1. The first-order valence-corrected chi connectivity index (χ1v) is 9.08. The zero-order chi connectivity index (χ0) is 17.7. The smallest absolute Gasteiger partial charge is 0.223 e. The van der Waals surface area contributed by atoms with Crippen molar-refractivity contribution in [3.63, 3.8) is 0 Å². The van der Waals surface area contributed by atoms with Crippen LogP contribution >= 0.6 is 0 Å². The molecule has 4 heterocycles. The minimum atomic E-state index is -0.735. The molecule has 3 aromatic rings. The van der Waals surface area contributed by atoms with E-state index in [0.29, 0.717) is 25.8 Å². The van der Waals surface area contributed by atoms with E-state index in [1.165, 1.54) is 0 Å². The first-order valence-electron chi connectivity index (χ1n) is 9.08. The van der Waals surface area contributed by atoms with Gasteiger partial charge in [-0.3, -0.25) is 4.79 Å². The van der Waals surface area contributed by atoms with Crippen LogP contribution in [0.5, 0.6) is 0 Å². The molecule has 1 amide bonds. The van der Waals surface area contributed by atoms with Gasteiger partial charge in [-0.15, -0.1) is 0 Å².